The summed E-state index contributed by atoms with van der Waals surface area (Å²) in [5.74, 6) is 0. The molecule has 0 spiro atoms. The van der Waals surface area contributed by atoms with Crippen LogP contribution in [-0.4, -0.2) is 26.3 Å². The van der Waals surface area contributed by atoms with E-state index in [0.717, 1.165) is 24.0 Å². The zero-order chi connectivity index (χ0) is 13.9. The SMILES string of the molecule is CCCCN(C)S(=O)(=O)c1cc(C)c(C)cc1N. The lowest BCUT2D eigenvalue weighted by Crippen LogP contribution is -2.28. The molecule has 1 rings (SSSR count). The van der Waals surface area contributed by atoms with E-state index >= 15 is 0 Å². The molecule has 18 heavy (non-hydrogen) atoms. The number of anilines is 1. The van der Waals surface area contributed by atoms with Gasteiger partial charge in [-0.3, -0.25) is 0 Å². The van der Waals surface area contributed by atoms with Gasteiger partial charge in [0.2, 0.25) is 10.0 Å². The monoisotopic (exact) mass is 270 g/mol. The number of hydrogen-bond donors (Lipinski definition) is 1. The predicted molar refractivity (Wildman–Crippen MR) is 75.1 cm³/mol. The molecule has 0 bridgehead atoms. The fraction of sp³-hybridized carbons (Fsp3) is 0.538. The van der Waals surface area contributed by atoms with E-state index in [-0.39, 0.29) is 4.90 Å². The normalized spacial score (nSPS) is 12.1. The highest BCUT2D eigenvalue weighted by molar-refractivity contribution is 7.89. The van der Waals surface area contributed by atoms with Gasteiger partial charge in [-0.15, -0.1) is 0 Å². The number of aryl methyl sites for hydroxylation is 2. The number of nitrogen functional groups attached to an aromatic ring is 1. The standard InChI is InChI=1S/C13H22N2O2S/c1-5-6-7-15(4)18(16,17)13-9-11(3)10(2)8-12(13)14/h8-9H,5-7,14H2,1-4H3. The molecule has 0 heterocycles. The van der Waals surface area contributed by atoms with Crippen LogP contribution in [0.5, 0.6) is 0 Å². The van der Waals surface area contributed by atoms with Crippen LogP contribution in [0.25, 0.3) is 0 Å². The molecule has 5 heteroatoms. The number of rotatable bonds is 5. The predicted octanol–water partition coefficient (Wildman–Crippen LogP) is 2.31. The highest BCUT2D eigenvalue weighted by Crippen LogP contribution is 2.25. The Labute approximate surface area is 110 Å². The van der Waals surface area contributed by atoms with E-state index in [0.29, 0.717) is 12.2 Å². The lowest BCUT2D eigenvalue weighted by atomic mass is 10.1. The summed E-state index contributed by atoms with van der Waals surface area (Å²) >= 11 is 0. The Bertz CT molecular complexity index is 524. The molecule has 0 unspecified atom stereocenters. The maximum absolute atomic E-state index is 12.4. The summed E-state index contributed by atoms with van der Waals surface area (Å²) in [6.45, 7) is 6.36. The smallest absolute Gasteiger partial charge is 0.244 e. The lowest BCUT2D eigenvalue weighted by Gasteiger charge is -2.19. The molecule has 0 saturated heterocycles. The molecule has 2 N–H and O–H groups in total. The van der Waals surface area contributed by atoms with E-state index in [4.69, 9.17) is 5.73 Å². The first kappa shape index (κ1) is 15.0. The van der Waals surface area contributed by atoms with Gasteiger partial charge in [0.25, 0.3) is 0 Å². The van der Waals surface area contributed by atoms with Crippen molar-refractivity contribution in [2.75, 3.05) is 19.3 Å². The van der Waals surface area contributed by atoms with Crippen LogP contribution in [0.4, 0.5) is 5.69 Å². The average molecular weight is 270 g/mol. The number of sulfonamides is 1. The first-order valence-electron chi connectivity index (χ1n) is 6.13. The van der Waals surface area contributed by atoms with E-state index in [9.17, 15) is 8.42 Å². The minimum absolute atomic E-state index is 0.212. The van der Waals surface area contributed by atoms with E-state index < -0.39 is 10.0 Å². The first-order valence-corrected chi connectivity index (χ1v) is 7.57. The summed E-state index contributed by atoms with van der Waals surface area (Å²) < 4.78 is 26.1. The van der Waals surface area contributed by atoms with Gasteiger partial charge in [-0.1, -0.05) is 13.3 Å². The van der Waals surface area contributed by atoms with Crippen LogP contribution >= 0.6 is 0 Å². The molecule has 0 atom stereocenters. The molecule has 102 valence electrons. The molecule has 0 aliphatic heterocycles. The highest BCUT2D eigenvalue weighted by Gasteiger charge is 2.23. The van der Waals surface area contributed by atoms with Crippen molar-refractivity contribution in [2.45, 2.75) is 38.5 Å². The van der Waals surface area contributed by atoms with E-state index in [2.05, 4.69) is 0 Å². The molecule has 0 saturated carbocycles. The minimum Gasteiger partial charge on any atom is -0.398 e. The molecular formula is C13H22N2O2S. The third-order valence-electron chi connectivity index (χ3n) is 3.14. The molecule has 0 radical (unpaired) electrons. The fourth-order valence-electron chi connectivity index (χ4n) is 1.70. The van der Waals surface area contributed by atoms with E-state index in [1.165, 1.54) is 4.31 Å². The maximum atomic E-state index is 12.4. The Morgan fingerprint density at radius 3 is 2.33 bits per heavy atom. The summed E-state index contributed by atoms with van der Waals surface area (Å²) in [4.78, 5) is 0.212. The second-order valence-corrected chi connectivity index (χ2v) is 6.67. The number of benzene rings is 1. The quantitative estimate of drug-likeness (QED) is 0.835. The van der Waals surface area contributed by atoms with Crippen LogP contribution in [0.3, 0.4) is 0 Å². The van der Waals surface area contributed by atoms with Crippen molar-refractivity contribution in [3.05, 3.63) is 23.3 Å². The van der Waals surface area contributed by atoms with Crippen LogP contribution in [-0.2, 0) is 10.0 Å². The zero-order valence-corrected chi connectivity index (χ0v) is 12.3. The van der Waals surface area contributed by atoms with Crippen molar-refractivity contribution in [2.24, 2.45) is 0 Å². The van der Waals surface area contributed by atoms with Crippen molar-refractivity contribution in [3.63, 3.8) is 0 Å². The first-order chi connectivity index (χ1) is 8.30. The van der Waals surface area contributed by atoms with E-state index in [1.54, 1.807) is 19.2 Å². The number of nitrogens with zero attached hydrogens (tertiary/aromatic N) is 1. The van der Waals surface area contributed by atoms with Crippen molar-refractivity contribution in [1.82, 2.24) is 4.31 Å². The van der Waals surface area contributed by atoms with E-state index in [1.807, 2.05) is 20.8 Å². The summed E-state index contributed by atoms with van der Waals surface area (Å²) in [6, 6.07) is 3.37. The second kappa shape index (κ2) is 5.71. The minimum atomic E-state index is -3.47. The molecule has 0 aliphatic rings. The van der Waals surface area contributed by atoms with Gasteiger partial charge in [0.1, 0.15) is 4.90 Å². The van der Waals surface area contributed by atoms with Gasteiger partial charge in [-0.05, 0) is 43.5 Å². The zero-order valence-electron chi connectivity index (χ0n) is 11.5. The Kier molecular flexibility index (Phi) is 4.76. The number of hydrogen-bond acceptors (Lipinski definition) is 3. The molecular weight excluding hydrogens is 248 g/mol. The number of unbranched alkanes of at least 4 members (excludes halogenated alkanes) is 1. The van der Waals surface area contributed by atoms with Crippen molar-refractivity contribution < 1.29 is 8.42 Å². The summed E-state index contributed by atoms with van der Waals surface area (Å²) in [7, 11) is -1.88. The van der Waals surface area contributed by atoms with Gasteiger partial charge >= 0.3 is 0 Å². The fourth-order valence-corrected chi connectivity index (χ4v) is 3.09. The van der Waals surface area contributed by atoms with Crippen LogP contribution in [0.15, 0.2) is 17.0 Å². The maximum Gasteiger partial charge on any atom is 0.244 e. The Hall–Kier alpha value is -1.07. The second-order valence-electron chi connectivity index (χ2n) is 4.65. The summed E-state index contributed by atoms with van der Waals surface area (Å²) in [6.07, 6.45) is 1.81. The topological polar surface area (TPSA) is 63.4 Å². The highest BCUT2D eigenvalue weighted by atomic mass is 32.2. The van der Waals surface area contributed by atoms with Crippen LogP contribution in [0.2, 0.25) is 0 Å². The third kappa shape index (κ3) is 3.03. The van der Waals surface area contributed by atoms with Gasteiger partial charge < -0.3 is 5.73 Å². The largest absolute Gasteiger partial charge is 0.398 e. The Morgan fingerprint density at radius 2 is 1.78 bits per heavy atom. The van der Waals surface area contributed by atoms with Crippen LogP contribution in [0.1, 0.15) is 30.9 Å². The van der Waals surface area contributed by atoms with Gasteiger partial charge in [0, 0.05) is 13.6 Å². The van der Waals surface area contributed by atoms with Crippen molar-refractivity contribution in [3.8, 4) is 0 Å². The summed E-state index contributed by atoms with van der Waals surface area (Å²) in [5, 5.41) is 0. The van der Waals surface area contributed by atoms with Gasteiger partial charge in [-0.25, -0.2) is 12.7 Å². The van der Waals surface area contributed by atoms with Gasteiger partial charge in [0.05, 0.1) is 5.69 Å². The van der Waals surface area contributed by atoms with Crippen LogP contribution in [0, 0.1) is 13.8 Å². The molecule has 1 aromatic rings. The Balaban J connectivity index is 3.16. The molecule has 4 nitrogen and oxygen atoms in total. The van der Waals surface area contributed by atoms with Crippen molar-refractivity contribution in [1.29, 1.82) is 0 Å². The van der Waals surface area contributed by atoms with Crippen LogP contribution < -0.4 is 5.73 Å². The molecule has 0 aromatic heterocycles. The summed E-state index contributed by atoms with van der Waals surface area (Å²) in [5.41, 5.74) is 8.10. The molecule has 0 aliphatic carbocycles. The Morgan fingerprint density at radius 1 is 1.22 bits per heavy atom. The number of nitrogens with two attached hydrogens (primary N) is 1. The molecule has 0 fully saturated rings. The molecule has 1 aromatic carbocycles. The lowest BCUT2D eigenvalue weighted by molar-refractivity contribution is 0.459. The third-order valence-corrected chi connectivity index (χ3v) is 5.05. The van der Waals surface area contributed by atoms with Gasteiger partial charge in [-0.2, -0.15) is 0 Å². The van der Waals surface area contributed by atoms with Crippen molar-refractivity contribution >= 4 is 15.7 Å². The molecule has 0 amide bonds. The van der Waals surface area contributed by atoms with Gasteiger partial charge in [0.15, 0.2) is 0 Å². The average Bonchev–Trinajstić information content (AvgIpc) is 2.30.